The van der Waals surface area contributed by atoms with Crippen LogP contribution in [0.3, 0.4) is 0 Å². The Balaban J connectivity index is 2.11. The third-order valence-electron chi connectivity index (χ3n) is 3.49. The standard InChI is InChI=1S/C8H9O14P.C4H6O7.In/c9-1(5(13)14)3(11)7(18-17)20-23-21-8(19-22-23)4(12)2(10)6(15)16;5-1(3(7)8)2(6)4(9)11-10;/h1-4,9-12H,(H-,13,14,15,16);1-2,5-6,10H,(H,7,8);/q;;+3/p-3. The van der Waals surface area contributed by atoms with Crippen LogP contribution in [0, 0.1) is 0 Å². The molecule has 23 heteroatoms. The molecule has 0 saturated heterocycles. The van der Waals surface area contributed by atoms with Gasteiger partial charge >= 0.3 is 200 Å². The van der Waals surface area contributed by atoms with Crippen molar-refractivity contribution in [2.45, 2.75) is 36.6 Å². The van der Waals surface area contributed by atoms with Gasteiger partial charge in [0.25, 0.3) is 0 Å². The predicted octanol–water partition coefficient (Wildman–Crippen LogP) is -10.3. The summed E-state index contributed by atoms with van der Waals surface area (Å²) in [5.41, 5.74) is 0. The Bertz CT molecular complexity index is 903. The summed E-state index contributed by atoms with van der Waals surface area (Å²) in [5, 5.41) is 88.7. The first-order valence-corrected chi connectivity index (χ1v) is 13.6. The number of aliphatic carboxylic acids is 3. The van der Waals surface area contributed by atoms with Crippen LogP contribution in [0.5, 0.6) is 0 Å². The summed E-state index contributed by atoms with van der Waals surface area (Å²) in [6.07, 6.45) is -15.0. The van der Waals surface area contributed by atoms with E-state index in [-0.39, 0.29) is 0 Å². The molecule has 0 bridgehead atoms. The van der Waals surface area contributed by atoms with E-state index in [1.54, 1.807) is 0 Å². The fraction of sp³-hybridized carbons (Fsp3) is 0.500. The molecule has 0 aromatic heterocycles. The van der Waals surface area contributed by atoms with Crippen molar-refractivity contribution in [2.24, 2.45) is 0 Å². The second kappa shape index (κ2) is 12.4. The fourth-order valence-electron chi connectivity index (χ4n) is 1.74. The summed E-state index contributed by atoms with van der Waals surface area (Å²) in [7, 11) is -2.95. The Morgan fingerprint density at radius 2 is 1.43 bits per heavy atom. The molecule has 0 fully saturated rings. The molecule has 2 rings (SSSR count). The molecular weight excluding hydrogens is 626 g/mol. The molecule has 194 valence electrons. The number of aliphatic hydroxyl groups excluding tert-OH is 6. The van der Waals surface area contributed by atoms with Crippen LogP contribution < -0.4 is 15.3 Å². The van der Waals surface area contributed by atoms with E-state index in [1.165, 1.54) is 0 Å². The Morgan fingerprint density at radius 3 is 1.97 bits per heavy atom. The second-order valence-corrected chi connectivity index (χ2v) is 10.3. The number of hydrogen-bond acceptors (Lipinski definition) is 18. The van der Waals surface area contributed by atoms with Crippen molar-refractivity contribution in [3.63, 3.8) is 0 Å². The predicted molar refractivity (Wildman–Crippen MR) is 85.3 cm³/mol. The van der Waals surface area contributed by atoms with Gasteiger partial charge in [-0.2, -0.15) is 0 Å². The molecule has 0 aromatic carbocycles. The van der Waals surface area contributed by atoms with Gasteiger partial charge in [0.2, 0.25) is 0 Å². The summed E-state index contributed by atoms with van der Waals surface area (Å²) in [5.74, 6) is -9.90. The number of carboxylic acids is 3. The van der Waals surface area contributed by atoms with E-state index in [1.807, 2.05) is 0 Å². The maximum absolute atomic E-state index is 10.8. The van der Waals surface area contributed by atoms with Gasteiger partial charge < -0.3 is 0 Å². The van der Waals surface area contributed by atoms with Crippen molar-refractivity contribution in [1.82, 2.24) is 0 Å². The minimum atomic E-state index is -4.48. The molecule has 0 amide bonds. The molecule has 2 aliphatic rings. The van der Waals surface area contributed by atoms with Crippen LogP contribution in [0.15, 0.2) is 0 Å². The van der Waals surface area contributed by atoms with E-state index >= 15 is 0 Å². The van der Waals surface area contributed by atoms with Gasteiger partial charge in [0.1, 0.15) is 0 Å². The molecule has 0 aromatic rings. The fourth-order valence-corrected chi connectivity index (χ4v) is 4.90. The topological polar surface area (TPSA) is 331 Å². The Labute approximate surface area is 200 Å². The SMILES string of the molecule is O=C([O-])C(O)C(O)C1=[O+]OP(OC(=[O+][O][In]2[O]OC(C(O)C(O)C(=O)[O-])=[O+]2)C(O)C(O)C(=O)[O-])O1. The molecule has 2 aliphatic heterocycles. The van der Waals surface area contributed by atoms with E-state index in [4.69, 9.17) is 7.07 Å². The number of hydrogen-bond donors (Lipinski definition) is 6. The molecule has 0 saturated carbocycles. The van der Waals surface area contributed by atoms with Crippen molar-refractivity contribution >= 4 is 67.2 Å². The van der Waals surface area contributed by atoms with E-state index in [2.05, 4.69) is 29.2 Å². The number of aliphatic hydroxyl groups is 6. The first-order chi connectivity index (χ1) is 16.3. The zero-order valence-corrected chi connectivity index (χ0v) is 20.5. The van der Waals surface area contributed by atoms with Gasteiger partial charge in [-0.25, -0.2) is 0 Å². The van der Waals surface area contributed by atoms with Crippen LogP contribution in [-0.2, 0) is 50.7 Å². The number of carbonyl (C=O) groups excluding carboxylic acids is 6. The molecule has 6 N–H and O–H groups in total. The number of carbonyl (C=O) groups is 3. The number of rotatable bonds is 12. The molecule has 0 radical (unpaired) electrons. The van der Waals surface area contributed by atoms with Crippen LogP contribution >= 0.6 is 8.60 Å². The molecule has 0 aliphatic carbocycles. The van der Waals surface area contributed by atoms with E-state index in [0.717, 1.165) is 0 Å². The van der Waals surface area contributed by atoms with Crippen molar-refractivity contribution in [1.29, 1.82) is 0 Å². The normalized spacial score (nSPS) is 22.7. The zero-order valence-electron chi connectivity index (χ0n) is 16.3. The molecule has 21 nitrogen and oxygen atoms in total. The van der Waals surface area contributed by atoms with Gasteiger partial charge in [-0.05, 0) is 0 Å². The van der Waals surface area contributed by atoms with Crippen molar-refractivity contribution in [2.75, 3.05) is 0 Å². The second-order valence-electron chi connectivity index (χ2n) is 5.91. The average molecular weight is 638 g/mol. The molecule has 0 spiro atoms. The van der Waals surface area contributed by atoms with Crippen LogP contribution in [-0.4, -0.2) is 126 Å². The van der Waals surface area contributed by atoms with Gasteiger partial charge in [0.15, 0.2) is 0 Å². The summed E-state index contributed by atoms with van der Waals surface area (Å²) in [6.45, 7) is 0. The molecule has 35 heavy (non-hydrogen) atoms. The summed E-state index contributed by atoms with van der Waals surface area (Å²) >= 11 is -4.48. The third-order valence-corrected chi connectivity index (χ3v) is 7.00. The van der Waals surface area contributed by atoms with Gasteiger partial charge in [0, 0.05) is 0 Å². The zero-order chi connectivity index (χ0) is 26.4. The summed E-state index contributed by atoms with van der Waals surface area (Å²) < 4.78 is 36.5. The molecule has 2 heterocycles. The monoisotopic (exact) mass is 638 g/mol. The van der Waals surface area contributed by atoms with Crippen molar-refractivity contribution in [3.05, 3.63) is 0 Å². The van der Waals surface area contributed by atoms with E-state index in [0.29, 0.717) is 0 Å². The van der Waals surface area contributed by atoms with Crippen LogP contribution in [0.1, 0.15) is 0 Å². The van der Waals surface area contributed by atoms with Crippen LogP contribution in [0.4, 0.5) is 0 Å². The van der Waals surface area contributed by atoms with Crippen molar-refractivity contribution < 1.29 is 96.7 Å². The first kappa shape index (κ1) is 28.7. The van der Waals surface area contributed by atoms with E-state index in [9.17, 15) is 60.3 Å². The molecule has 7 unspecified atom stereocenters. The Hall–Kier alpha value is -2.56. The van der Waals surface area contributed by atoms with Gasteiger partial charge in [-0.3, -0.25) is 0 Å². The van der Waals surface area contributed by atoms with E-state index < -0.39 is 104 Å². The third kappa shape index (κ3) is 7.46. The Morgan fingerprint density at radius 1 is 0.886 bits per heavy atom. The summed E-state index contributed by atoms with van der Waals surface area (Å²) in [6, 6.07) is 0. The quantitative estimate of drug-likeness (QED) is 0.0500. The van der Waals surface area contributed by atoms with Crippen LogP contribution in [0.2, 0.25) is 0 Å². The minimum absolute atomic E-state index is 0.983. The summed E-state index contributed by atoms with van der Waals surface area (Å²) in [4.78, 5) is 36.2. The van der Waals surface area contributed by atoms with Crippen LogP contribution in [0.25, 0.3) is 0 Å². The first-order valence-electron chi connectivity index (χ1n) is 8.49. The van der Waals surface area contributed by atoms with Gasteiger partial charge in [-0.1, -0.05) is 0 Å². The number of carboxylic acid groups (broad SMARTS) is 3. The van der Waals surface area contributed by atoms with Gasteiger partial charge in [0.05, 0.1) is 0 Å². The average Bonchev–Trinajstić information content (AvgIpc) is 3.48. The molecule has 7 atom stereocenters. The van der Waals surface area contributed by atoms with Crippen molar-refractivity contribution in [3.8, 4) is 0 Å². The Kier molecular flexibility index (Phi) is 10.2. The molecular formula is C12H12InO21P. The maximum atomic E-state index is 10.8. The van der Waals surface area contributed by atoms with Gasteiger partial charge in [-0.15, -0.1) is 0 Å².